The highest BCUT2D eigenvalue weighted by Crippen LogP contribution is 2.37. The Hall–Kier alpha value is -6.85. The van der Waals surface area contributed by atoms with Crippen LogP contribution in [0.3, 0.4) is 0 Å². The third-order valence-electron chi connectivity index (χ3n) is 8.78. The van der Waals surface area contributed by atoms with Gasteiger partial charge in [-0.05, 0) is 76.8 Å². The fraction of sp³-hybridized carbons (Fsp3) is 0. The van der Waals surface area contributed by atoms with Gasteiger partial charge in [-0.25, -0.2) is 15.0 Å². The van der Waals surface area contributed by atoms with E-state index in [2.05, 4.69) is 0 Å². The molecule has 10 rings (SSSR count). The van der Waals surface area contributed by atoms with Crippen LogP contribution >= 0.6 is 0 Å². The van der Waals surface area contributed by atoms with Gasteiger partial charge in [0.2, 0.25) is 0 Å². The lowest BCUT2D eigenvalue weighted by Crippen LogP contribution is -2.00. The van der Waals surface area contributed by atoms with Crippen LogP contribution in [0.1, 0.15) is 9.60 Å². The molecule has 0 aliphatic rings. The zero-order valence-electron chi connectivity index (χ0n) is 33.2. The number of hydrogen-bond donors (Lipinski definition) is 0. The molecule has 0 amide bonds. The number of hydrogen-bond acceptors (Lipinski definition) is 5. The Bertz CT molecular complexity index is 3270. The molecule has 5 nitrogen and oxygen atoms in total. The number of rotatable bonds is 5. The molecule has 0 aliphatic carbocycles. The summed E-state index contributed by atoms with van der Waals surface area (Å²) in [6.45, 7) is 0. The Balaban J connectivity index is 1.24. The average Bonchev–Trinajstić information content (AvgIpc) is 3.84. The molecular weight excluding hydrogens is 615 g/mol. The van der Waals surface area contributed by atoms with E-state index in [0.717, 1.165) is 33.0 Å². The second-order valence-electron chi connectivity index (χ2n) is 11.9. The molecule has 7 aromatic carbocycles. The van der Waals surface area contributed by atoms with Crippen molar-refractivity contribution in [3.63, 3.8) is 0 Å². The van der Waals surface area contributed by atoms with E-state index in [1.54, 1.807) is 6.07 Å². The van der Waals surface area contributed by atoms with Crippen LogP contribution in [0.25, 0.3) is 100 Å². The van der Waals surface area contributed by atoms with E-state index in [9.17, 15) is 2.74 Å². The van der Waals surface area contributed by atoms with Crippen LogP contribution < -0.4 is 0 Å². The summed E-state index contributed by atoms with van der Waals surface area (Å²) >= 11 is 0. The van der Waals surface area contributed by atoms with E-state index >= 15 is 0 Å². The maximum atomic E-state index is 9.49. The molecule has 0 saturated heterocycles. The summed E-state index contributed by atoms with van der Waals surface area (Å²) in [6, 6.07) is 35.9. The highest BCUT2D eigenvalue weighted by Gasteiger charge is 2.17. The molecule has 3 heterocycles. The predicted octanol–water partition coefficient (Wildman–Crippen LogP) is 12.0. The molecule has 0 saturated carbocycles. The third kappa shape index (κ3) is 4.83. The molecule has 3 aromatic heterocycles. The van der Waals surface area contributed by atoms with Crippen LogP contribution in [0.2, 0.25) is 0 Å². The van der Waals surface area contributed by atoms with E-state index in [1.807, 2.05) is 115 Å². The van der Waals surface area contributed by atoms with Gasteiger partial charge in [-0.15, -0.1) is 0 Å². The van der Waals surface area contributed by atoms with Crippen LogP contribution in [0.4, 0.5) is 0 Å². The largest absolute Gasteiger partial charge is 0.456 e. The molecule has 0 N–H and O–H groups in total. The molecule has 0 unspecified atom stereocenters. The number of nitrogens with zero attached hydrogens (tertiary/aromatic N) is 3. The van der Waals surface area contributed by atoms with Crippen molar-refractivity contribution in [1.82, 2.24) is 15.0 Å². The first kappa shape index (κ1) is 21.9. The van der Waals surface area contributed by atoms with E-state index < -0.39 is 18.1 Å². The Morgan fingerprint density at radius 2 is 0.960 bits per heavy atom. The third-order valence-corrected chi connectivity index (χ3v) is 8.78. The normalized spacial score (nSPS) is 13.6. The molecule has 5 heteroatoms. The highest BCUT2D eigenvalue weighted by molar-refractivity contribution is 6.07. The van der Waals surface area contributed by atoms with Gasteiger partial charge < -0.3 is 8.83 Å². The van der Waals surface area contributed by atoms with Crippen molar-refractivity contribution in [2.24, 2.45) is 0 Å². The number of benzene rings is 7. The lowest BCUT2D eigenvalue weighted by atomic mass is 9.95. The Morgan fingerprint density at radius 1 is 0.360 bits per heavy atom. The monoisotopic (exact) mass is 648 g/mol. The fourth-order valence-electron chi connectivity index (χ4n) is 6.36. The van der Waals surface area contributed by atoms with Crippen molar-refractivity contribution in [2.75, 3.05) is 0 Å². The molecule has 0 fully saturated rings. The summed E-state index contributed by atoms with van der Waals surface area (Å²) in [4.78, 5) is 14.9. The van der Waals surface area contributed by atoms with Crippen LogP contribution in [-0.4, -0.2) is 15.0 Å². The summed E-state index contributed by atoms with van der Waals surface area (Å²) in [7, 11) is 0. The van der Waals surface area contributed by atoms with Gasteiger partial charge in [0.1, 0.15) is 22.3 Å². The lowest BCUT2D eigenvalue weighted by molar-refractivity contribution is 0.668. The zero-order valence-corrected chi connectivity index (χ0v) is 26.2. The van der Waals surface area contributed by atoms with Crippen molar-refractivity contribution in [3.8, 4) is 56.4 Å². The van der Waals surface area contributed by atoms with Gasteiger partial charge >= 0.3 is 0 Å². The van der Waals surface area contributed by atoms with E-state index in [1.165, 1.54) is 0 Å². The molecular formula is C45H27N3O2. The maximum absolute atomic E-state index is 9.49. The molecule has 0 bridgehead atoms. The lowest BCUT2D eigenvalue weighted by Gasteiger charge is -2.12. The maximum Gasteiger partial charge on any atom is 0.164 e. The first-order valence-electron chi connectivity index (χ1n) is 19.5. The van der Waals surface area contributed by atoms with Crippen LogP contribution in [0.5, 0.6) is 0 Å². The van der Waals surface area contributed by atoms with Gasteiger partial charge in [0.05, 0.1) is 9.60 Å². The summed E-state index contributed by atoms with van der Waals surface area (Å²) in [5.74, 6) is 1.17. The van der Waals surface area contributed by atoms with Crippen molar-refractivity contribution >= 4 is 43.9 Å². The first-order chi connectivity index (χ1) is 27.7. The van der Waals surface area contributed by atoms with E-state index in [0.29, 0.717) is 39.7 Å². The minimum Gasteiger partial charge on any atom is -0.456 e. The molecule has 0 spiro atoms. The second-order valence-corrected chi connectivity index (χ2v) is 11.9. The molecule has 0 radical (unpaired) electrons. The standard InChI is InChI=1S/C45H27N3O2/c1-3-11-28(12-4-1)32-23-33(30-20-22-41-38(26-30)36-16-8-10-18-40(36)49-41)25-34(24-32)45-47-43(29-13-5-2-6-14-29)46-44(48-45)31-19-21-37-35-15-7-9-17-39(35)50-42(37)27-31/h1-27H/i8D,10D,16D,18D,20D,22D,26D. The number of furan rings is 2. The van der Waals surface area contributed by atoms with Crippen molar-refractivity contribution in [1.29, 1.82) is 0 Å². The van der Waals surface area contributed by atoms with Crippen LogP contribution in [-0.2, 0) is 0 Å². The van der Waals surface area contributed by atoms with Crippen LogP contribution in [0, 0.1) is 0 Å². The summed E-state index contributed by atoms with van der Waals surface area (Å²) in [5, 5.41) is 2.00. The first-order valence-corrected chi connectivity index (χ1v) is 16.0. The van der Waals surface area contributed by atoms with Gasteiger partial charge in [-0.1, -0.05) is 109 Å². The highest BCUT2D eigenvalue weighted by atomic mass is 16.3. The number of para-hydroxylation sites is 2. The summed E-state index contributed by atoms with van der Waals surface area (Å²) in [6.07, 6.45) is 0. The summed E-state index contributed by atoms with van der Waals surface area (Å²) < 4.78 is 73.4. The second kappa shape index (κ2) is 11.4. The SMILES string of the molecule is [2H]c1c([2H])c([2H])c2c(oc3c([2H])c([2H])c(-c4cc(-c5ccccc5)cc(-c5nc(-c6ccccc6)nc(-c6ccc7c(c6)oc6ccccc67)n5)c4)c([2H])c32)c1[2H]. The minimum atomic E-state index is -0.486. The van der Waals surface area contributed by atoms with Crippen molar-refractivity contribution < 1.29 is 18.4 Å². The smallest absolute Gasteiger partial charge is 0.164 e. The topological polar surface area (TPSA) is 65.0 Å². The molecule has 50 heavy (non-hydrogen) atoms. The average molecular weight is 649 g/mol. The van der Waals surface area contributed by atoms with Gasteiger partial charge in [-0.2, -0.15) is 0 Å². The van der Waals surface area contributed by atoms with Crippen LogP contribution in [0.15, 0.2) is 172 Å². The summed E-state index contributed by atoms with van der Waals surface area (Å²) in [5.41, 5.74) is 5.28. The Labute approximate surface area is 297 Å². The van der Waals surface area contributed by atoms with E-state index in [4.69, 9.17) is 30.6 Å². The number of aromatic nitrogens is 3. The van der Waals surface area contributed by atoms with Gasteiger partial charge in [-0.3, -0.25) is 0 Å². The van der Waals surface area contributed by atoms with Gasteiger partial charge in [0.25, 0.3) is 0 Å². The molecule has 0 aliphatic heterocycles. The number of fused-ring (bicyclic) bond motifs is 6. The Kier molecular flexibility index (Phi) is 4.99. The Morgan fingerprint density at radius 3 is 1.78 bits per heavy atom. The zero-order chi connectivity index (χ0) is 39.1. The molecule has 234 valence electrons. The van der Waals surface area contributed by atoms with Gasteiger partial charge in [0.15, 0.2) is 17.5 Å². The fourth-order valence-corrected chi connectivity index (χ4v) is 6.36. The predicted molar refractivity (Wildman–Crippen MR) is 202 cm³/mol. The minimum absolute atomic E-state index is 0.00813. The quantitative estimate of drug-likeness (QED) is 0.186. The van der Waals surface area contributed by atoms with Crippen molar-refractivity contribution in [3.05, 3.63) is 164 Å². The molecule has 0 atom stereocenters. The van der Waals surface area contributed by atoms with Crippen molar-refractivity contribution in [2.45, 2.75) is 0 Å². The van der Waals surface area contributed by atoms with Gasteiger partial charge in [0, 0.05) is 38.2 Å². The molecule has 10 aromatic rings. The van der Waals surface area contributed by atoms with E-state index in [-0.39, 0.29) is 51.7 Å².